The van der Waals surface area contributed by atoms with Crippen LogP contribution in [0.3, 0.4) is 0 Å². The van der Waals surface area contributed by atoms with E-state index in [9.17, 15) is 4.79 Å². The Bertz CT molecular complexity index is 956. The molecule has 2 heterocycles. The summed E-state index contributed by atoms with van der Waals surface area (Å²) in [7, 11) is 0. The summed E-state index contributed by atoms with van der Waals surface area (Å²) >= 11 is 7.02. The number of nitrogens with zero attached hydrogens (tertiary/aromatic N) is 1. The van der Waals surface area contributed by atoms with Crippen LogP contribution in [-0.4, -0.2) is 9.55 Å². The molecule has 3 rings (SSSR count). The summed E-state index contributed by atoms with van der Waals surface area (Å²) in [6, 6.07) is 5.99. The minimum Gasteiger partial charge on any atom is -0.323 e. The van der Waals surface area contributed by atoms with E-state index >= 15 is 0 Å². The molecule has 0 fully saturated rings. The zero-order valence-corrected chi connectivity index (χ0v) is 14.0. The number of nitrogens with one attached hydrogen (secondary N) is 1. The van der Waals surface area contributed by atoms with Gasteiger partial charge in [-0.1, -0.05) is 18.2 Å². The van der Waals surface area contributed by atoms with Gasteiger partial charge in [-0.2, -0.15) is 0 Å². The Hall–Kier alpha value is -1.72. The first-order valence-electron chi connectivity index (χ1n) is 6.73. The first kappa shape index (κ1) is 14.2. The normalized spacial score (nSPS) is 11.2. The maximum atomic E-state index is 13.0. The van der Waals surface area contributed by atoms with Crippen molar-refractivity contribution in [3.63, 3.8) is 0 Å². The number of H-pyrrole nitrogens is 1. The highest BCUT2D eigenvalue weighted by molar-refractivity contribution is 7.71. The van der Waals surface area contributed by atoms with Crippen molar-refractivity contribution in [3.8, 4) is 5.69 Å². The highest BCUT2D eigenvalue weighted by Crippen LogP contribution is 2.27. The van der Waals surface area contributed by atoms with Gasteiger partial charge < -0.3 is 4.98 Å². The summed E-state index contributed by atoms with van der Waals surface area (Å²) in [5.74, 6) is 0. The van der Waals surface area contributed by atoms with E-state index in [0.29, 0.717) is 4.77 Å². The van der Waals surface area contributed by atoms with Crippen molar-refractivity contribution in [2.24, 2.45) is 0 Å². The highest BCUT2D eigenvalue weighted by atomic mass is 32.1. The quantitative estimate of drug-likeness (QED) is 0.678. The lowest BCUT2D eigenvalue weighted by atomic mass is 10.1. The fraction of sp³-hybridized carbons (Fsp3) is 0.250. The van der Waals surface area contributed by atoms with Gasteiger partial charge in [0.2, 0.25) is 0 Å². The van der Waals surface area contributed by atoms with Crippen LogP contribution in [-0.2, 0) is 0 Å². The van der Waals surface area contributed by atoms with Crippen LogP contribution in [0, 0.1) is 32.5 Å². The van der Waals surface area contributed by atoms with E-state index in [2.05, 4.69) is 4.98 Å². The fourth-order valence-corrected chi connectivity index (χ4v) is 4.08. The highest BCUT2D eigenvalue weighted by Gasteiger charge is 2.15. The number of fused-ring (bicyclic) bond motifs is 1. The van der Waals surface area contributed by atoms with Crippen LogP contribution < -0.4 is 5.56 Å². The third kappa shape index (κ3) is 2.08. The molecule has 0 unspecified atom stereocenters. The van der Waals surface area contributed by atoms with Crippen molar-refractivity contribution in [2.75, 3.05) is 0 Å². The van der Waals surface area contributed by atoms with Gasteiger partial charge in [0, 0.05) is 4.88 Å². The molecular weight excluding hydrogens is 300 g/mol. The lowest BCUT2D eigenvalue weighted by Crippen LogP contribution is -2.22. The standard InChI is InChI=1S/C16H16N2OS2/c1-8-6-5-7-9(2)13(8)18-15(19)12-10(3)11(4)21-14(12)17-16(18)20/h5-7H,1-4H3,(H,17,20). The molecule has 0 spiro atoms. The molecule has 0 aliphatic heterocycles. The summed E-state index contributed by atoms with van der Waals surface area (Å²) < 4.78 is 2.08. The van der Waals surface area contributed by atoms with Gasteiger partial charge in [0.05, 0.1) is 11.1 Å². The van der Waals surface area contributed by atoms with E-state index in [1.807, 2.05) is 45.9 Å². The van der Waals surface area contributed by atoms with Crippen LogP contribution in [0.5, 0.6) is 0 Å². The van der Waals surface area contributed by atoms with Crippen LogP contribution >= 0.6 is 23.6 Å². The monoisotopic (exact) mass is 316 g/mol. The lowest BCUT2D eigenvalue weighted by molar-refractivity contribution is 0.922. The van der Waals surface area contributed by atoms with Crippen molar-refractivity contribution < 1.29 is 0 Å². The average Bonchev–Trinajstić information content (AvgIpc) is 2.68. The van der Waals surface area contributed by atoms with Gasteiger partial charge in [0.25, 0.3) is 5.56 Å². The smallest absolute Gasteiger partial charge is 0.267 e. The Kier molecular flexibility index (Phi) is 3.34. The second kappa shape index (κ2) is 4.93. The van der Waals surface area contributed by atoms with Gasteiger partial charge in [0.1, 0.15) is 4.83 Å². The van der Waals surface area contributed by atoms with Gasteiger partial charge in [-0.05, 0) is 56.6 Å². The Morgan fingerprint density at radius 2 is 1.76 bits per heavy atom. The molecule has 2 aromatic heterocycles. The minimum absolute atomic E-state index is 0.0343. The molecule has 0 aliphatic rings. The number of rotatable bonds is 1. The molecule has 0 atom stereocenters. The van der Waals surface area contributed by atoms with Crippen molar-refractivity contribution in [1.82, 2.24) is 9.55 Å². The van der Waals surface area contributed by atoms with Crippen LogP contribution in [0.4, 0.5) is 0 Å². The van der Waals surface area contributed by atoms with E-state index in [0.717, 1.165) is 37.5 Å². The molecule has 3 aromatic rings. The maximum Gasteiger partial charge on any atom is 0.267 e. The molecule has 0 saturated heterocycles. The maximum absolute atomic E-state index is 13.0. The van der Waals surface area contributed by atoms with Crippen molar-refractivity contribution in [2.45, 2.75) is 27.7 Å². The Morgan fingerprint density at radius 1 is 1.14 bits per heavy atom. The molecule has 3 nitrogen and oxygen atoms in total. The molecule has 0 bridgehead atoms. The van der Waals surface area contributed by atoms with E-state index < -0.39 is 0 Å². The van der Waals surface area contributed by atoms with Gasteiger partial charge in [-0.25, -0.2) is 0 Å². The molecular formula is C16H16N2OS2. The zero-order chi connectivity index (χ0) is 15.3. The zero-order valence-electron chi connectivity index (χ0n) is 12.4. The molecule has 0 radical (unpaired) electrons. The van der Waals surface area contributed by atoms with Gasteiger partial charge in [-0.3, -0.25) is 9.36 Å². The summed E-state index contributed by atoms with van der Waals surface area (Å²) in [5.41, 5.74) is 3.97. The Morgan fingerprint density at radius 3 is 2.38 bits per heavy atom. The van der Waals surface area contributed by atoms with E-state index in [1.165, 1.54) is 0 Å². The number of benzene rings is 1. The lowest BCUT2D eigenvalue weighted by Gasteiger charge is -2.12. The summed E-state index contributed by atoms with van der Waals surface area (Å²) in [6.07, 6.45) is 0. The molecule has 5 heteroatoms. The average molecular weight is 316 g/mol. The second-order valence-corrected chi connectivity index (χ2v) is 6.91. The fourth-order valence-electron chi connectivity index (χ4n) is 2.69. The number of hydrogen-bond donors (Lipinski definition) is 1. The topological polar surface area (TPSA) is 37.8 Å². The molecule has 108 valence electrons. The largest absolute Gasteiger partial charge is 0.323 e. The number of aryl methyl sites for hydroxylation is 4. The van der Waals surface area contributed by atoms with E-state index in [-0.39, 0.29) is 5.56 Å². The number of aromatic nitrogens is 2. The molecule has 0 saturated carbocycles. The Labute approximate surface area is 131 Å². The van der Waals surface area contributed by atoms with Gasteiger partial charge in [-0.15, -0.1) is 11.3 Å². The first-order valence-corrected chi connectivity index (χ1v) is 7.96. The third-order valence-corrected chi connectivity index (χ3v) is 5.30. The Balaban J connectivity index is 2.53. The summed E-state index contributed by atoms with van der Waals surface area (Å²) in [4.78, 5) is 18.2. The summed E-state index contributed by atoms with van der Waals surface area (Å²) in [6.45, 7) is 8.01. The predicted octanol–water partition coefficient (Wildman–Crippen LogP) is 4.34. The SMILES string of the molecule is Cc1cccc(C)c1-n1c(=S)[nH]c2sc(C)c(C)c2c1=O. The molecule has 0 aliphatic carbocycles. The predicted molar refractivity (Wildman–Crippen MR) is 91.6 cm³/mol. The number of hydrogen-bond acceptors (Lipinski definition) is 3. The first-order chi connectivity index (χ1) is 9.91. The van der Waals surface area contributed by atoms with Gasteiger partial charge >= 0.3 is 0 Å². The van der Waals surface area contributed by atoms with E-state index in [4.69, 9.17) is 12.2 Å². The molecule has 0 amide bonds. The van der Waals surface area contributed by atoms with Crippen LogP contribution in [0.15, 0.2) is 23.0 Å². The van der Waals surface area contributed by atoms with Gasteiger partial charge in [0.15, 0.2) is 4.77 Å². The molecule has 1 aromatic carbocycles. The molecule has 21 heavy (non-hydrogen) atoms. The van der Waals surface area contributed by atoms with E-state index in [1.54, 1.807) is 15.9 Å². The number of thiophene rings is 1. The number of para-hydroxylation sites is 1. The van der Waals surface area contributed by atoms with Crippen LogP contribution in [0.1, 0.15) is 21.6 Å². The third-order valence-electron chi connectivity index (χ3n) is 3.89. The number of aromatic amines is 1. The van der Waals surface area contributed by atoms with Crippen LogP contribution in [0.2, 0.25) is 0 Å². The van der Waals surface area contributed by atoms with Crippen molar-refractivity contribution in [1.29, 1.82) is 0 Å². The molecule has 1 N–H and O–H groups in total. The summed E-state index contributed by atoms with van der Waals surface area (Å²) in [5, 5.41) is 0.744. The van der Waals surface area contributed by atoms with Crippen LogP contribution in [0.25, 0.3) is 15.9 Å². The minimum atomic E-state index is -0.0343. The van der Waals surface area contributed by atoms with Crippen molar-refractivity contribution in [3.05, 3.63) is 54.9 Å². The van der Waals surface area contributed by atoms with Crippen molar-refractivity contribution >= 4 is 33.8 Å². The second-order valence-electron chi connectivity index (χ2n) is 5.30.